The van der Waals surface area contributed by atoms with Crippen molar-refractivity contribution in [2.75, 3.05) is 25.5 Å². The van der Waals surface area contributed by atoms with Crippen molar-refractivity contribution in [3.63, 3.8) is 0 Å². The first-order valence-electron chi connectivity index (χ1n) is 8.72. The van der Waals surface area contributed by atoms with Crippen LogP contribution in [0.25, 0.3) is 0 Å². The van der Waals surface area contributed by atoms with Gasteiger partial charge in [-0.3, -0.25) is 0 Å². The zero-order valence-electron chi connectivity index (χ0n) is 14.7. The van der Waals surface area contributed by atoms with Crippen molar-refractivity contribution in [1.82, 2.24) is 4.90 Å². The highest BCUT2D eigenvalue weighted by atomic mass is 35.5. The number of urea groups is 1. The number of likely N-dealkylation sites (tertiary alicyclic amines) is 1. The van der Waals surface area contributed by atoms with Crippen LogP contribution in [0.5, 0.6) is 5.75 Å². The van der Waals surface area contributed by atoms with Gasteiger partial charge in [0.15, 0.2) is 0 Å². The molecule has 0 spiro atoms. The Balaban J connectivity index is 1.74. The molecule has 1 fully saturated rings. The van der Waals surface area contributed by atoms with Gasteiger partial charge in [0.1, 0.15) is 5.75 Å². The minimum Gasteiger partial charge on any atom is -0.495 e. The average molecular weight is 393 g/mol. The van der Waals surface area contributed by atoms with Crippen LogP contribution in [0.2, 0.25) is 10.0 Å². The Morgan fingerprint density at radius 1 is 1.12 bits per heavy atom. The molecule has 0 radical (unpaired) electrons. The number of hydrogen-bond donors (Lipinski definition) is 1. The normalized spacial score (nSPS) is 17.5. The van der Waals surface area contributed by atoms with Gasteiger partial charge in [0.05, 0.1) is 12.8 Å². The molecule has 0 aromatic heterocycles. The van der Waals surface area contributed by atoms with E-state index in [-0.39, 0.29) is 6.03 Å². The lowest BCUT2D eigenvalue weighted by molar-refractivity contribution is 0.211. The summed E-state index contributed by atoms with van der Waals surface area (Å²) in [5.74, 6) is 0.897. The third-order valence-corrected chi connectivity index (χ3v) is 5.19. The molecule has 1 N–H and O–H groups in total. The molecule has 1 aliphatic heterocycles. The second kappa shape index (κ2) is 8.65. The molecule has 4 nitrogen and oxygen atoms in total. The van der Waals surface area contributed by atoms with E-state index in [1.54, 1.807) is 25.3 Å². The Morgan fingerprint density at radius 2 is 1.85 bits per heavy atom. The van der Waals surface area contributed by atoms with Crippen molar-refractivity contribution in [2.45, 2.75) is 25.2 Å². The molecule has 6 heteroatoms. The Morgan fingerprint density at radius 3 is 2.58 bits per heavy atom. The molecule has 1 heterocycles. The van der Waals surface area contributed by atoms with Crippen LogP contribution < -0.4 is 10.1 Å². The van der Waals surface area contributed by atoms with Crippen LogP contribution in [0.4, 0.5) is 10.5 Å². The van der Waals surface area contributed by atoms with Crippen LogP contribution in [0.15, 0.2) is 42.5 Å². The number of methoxy groups -OCH3 is 1. The third-order valence-electron chi connectivity index (χ3n) is 4.70. The summed E-state index contributed by atoms with van der Waals surface area (Å²) in [6.07, 6.45) is 3.15. The zero-order valence-corrected chi connectivity index (χ0v) is 16.2. The van der Waals surface area contributed by atoms with Crippen LogP contribution in [0.1, 0.15) is 30.7 Å². The number of nitrogens with zero attached hydrogens (tertiary/aromatic N) is 1. The fourth-order valence-corrected chi connectivity index (χ4v) is 3.60. The molecule has 1 saturated heterocycles. The summed E-state index contributed by atoms with van der Waals surface area (Å²) in [5.41, 5.74) is 1.80. The van der Waals surface area contributed by atoms with Gasteiger partial charge in [0.25, 0.3) is 0 Å². The summed E-state index contributed by atoms with van der Waals surface area (Å²) in [7, 11) is 1.57. The molecular formula is C20H22Cl2N2O2. The highest BCUT2D eigenvalue weighted by molar-refractivity contribution is 6.31. The monoisotopic (exact) mass is 392 g/mol. The first kappa shape index (κ1) is 18.9. The van der Waals surface area contributed by atoms with Gasteiger partial charge >= 0.3 is 6.03 Å². The minimum absolute atomic E-state index is 0.133. The molecule has 3 rings (SSSR count). The maximum Gasteiger partial charge on any atom is 0.321 e. The maximum atomic E-state index is 12.8. The number of amides is 2. The third kappa shape index (κ3) is 4.63. The van der Waals surface area contributed by atoms with E-state index in [4.69, 9.17) is 27.9 Å². The van der Waals surface area contributed by atoms with E-state index in [1.807, 2.05) is 17.0 Å². The lowest BCUT2D eigenvalue weighted by atomic mass is 9.94. The van der Waals surface area contributed by atoms with E-state index in [9.17, 15) is 4.79 Å². The number of carbonyl (C=O) groups is 1. The van der Waals surface area contributed by atoms with Gasteiger partial charge in [-0.2, -0.15) is 0 Å². The van der Waals surface area contributed by atoms with Crippen LogP contribution in [-0.4, -0.2) is 31.1 Å². The summed E-state index contributed by atoms with van der Waals surface area (Å²) >= 11 is 12.1. The molecule has 2 amide bonds. The van der Waals surface area contributed by atoms with Crippen molar-refractivity contribution in [1.29, 1.82) is 0 Å². The van der Waals surface area contributed by atoms with Gasteiger partial charge in [-0.25, -0.2) is 4.79 Å². The smallest absolute Gasteiger partial charge is 0.321 e. The molecule has 2 aromatic rings. The molecule has 0 bridgehead atoms. The fourth-order valence-electron chi connectivity index (χ4n) is 3.31. The number of hydrogen-bond acceptors (Lipinski definition) is 2. The molecule has 1 unspecified atom stereocenters. The summed E-state index contributed by atoms with van der Waals surface area (Å²) < 4.78 is 5.31. The molecule has 1 aliphatic rings. The summed E-state index contributed by atoms with van der Waals surface area (Å²) in [5, 5.41) is 4.22. The summed E-state index contributed by atoms with van der Waals surface area (Å²) in [6, 6.07) is 13.0. The predicted molar refractivity (Wildman–Crippen MR) is 107 cm³/mol. The van der Waals surface area contributed by atoms with Crippen molar-refractivity contribution in [3.05, 3.63) is 58.1 Å². The topological polar surface area (TPSA) is 41.6 Å². The number of benzene rings is 2. The second-order valence-electron chi connectivity index (χ2n) is 6.47. The summed E-state index contributed by atoms with van der Waals surface area (Å²) in [6.45, 7) is 1.41. The Labute approximate surface area is 164 Å². The van der Waals surface area contributed by atoms with E-state index in [2.05, 4.69) is 17.4 Å². The Kier molecular flexibility index (Phi) is 6.28. The van der Waals surface area contributed by atoms with Gasteiger partial charge in [0.2, 0.25) is 0 Å². The minimum atomic E-state index is -0.133. The fraction of sp³-hybridized carbons (Fsp3) is 0.350. The Hall–Kier alpha value is -1.91. The van der Waals surface area contributed by atoms with E-state index in [1.165, 1.54) is 5.56 Å². The highest BCUT2D eigenvalue weighted by Gasteiger charge is 2.24. The van der Waals surface area contributed by atoms with Crippen molar-refractivity contribution in [2.24, 2.45) is 0 Å². The van der Waals surface area contributed by atoms with Gasteiger partial charge < -0.3 is 15.0 Å². The Bertz CT molecular complexity index is 765. The van der Waals surface area contributed by atoms with E-state index >= 15 is 0 Å². The van der Waals surface area contributed by atoms with E-state index in [0.29, 0.717) is 28.9 Å². The highest BCUT2D eigenvalue weighted by Crippen LogP contribution is 2.30. The quantitative estimate of drug-likeness (QED) is 0.716. The lowest BCUT2D eigenvalue weighted by Gasteiger charge is -2.25. The molecule has 138 valence electrons. The number of anilines is 1. The van der Waals surface area contributed by atoms with E-state index < -0.39 is 0 Å². The first-order chi connectivity index (χ1) is 12.6. The molecule has 26 heavy (non-hydrogen) atoms. The van der Waals surface area contributed by atoms with Crippen molar-refractivity contribution < 1.29 is 9.53 Å². The lowest BCUT2D eigenvalue weighted by Crippen LogP contribution is -2.37. The standard InChI is InChI=1S/C20H22Cl2N2O2/c1-26-19-10-9-17(22)12-18(19)23-20(25)24-11-3-2-4-15(13-24)14-5-7-16(21)8-6-14/h5-10,12,15H,2-4,11,13H2,1H3,(H,23,25). The maximum absolute atomic E-state index is 12.8. The van der Waals surface area contributed by atoms with E-state index in [0.717, 1.165) is 30.8 Å². The number of rotatable bonds is 3. The number of nitrogens with one attached hydrogen (secondary N) is 1. The number of ether oxygens (including phenoxy) is 1. The molecule has 1 atom stereocenters. The van der Waals surface area contributed by atoms with Gasteiger partial charge in [-0.15, -0.1) is 0 Å². The van der Waals surface area contributed by atoms with Crippen LogP contribution in [0, 0.1) is 0 Å². The predicted octanol–water partition coefficient (Wildman–Crippen LogP) is 5.80. The van der Waals surface area contributed by atoms with Crippen LogP contribution >= 0.6 is 23.2 Å². The van der Waals surface area contributed by atoms with Gasteiger partial charge in [0, 0.05) is 29.1 Å². The second-order valence-corrected chi connectivity index (χ2v) is 7.34. The van der Waals surface area contributed by atoms with Gasteiger partial charge in [-0.05, 0) is 48.7 Å². The molecule has 2 aromatic carbocycles. The van der Waals surface area contributed by atoms with Gasteiger partial charge in [-0.1, -0.05) is 41.8 Å². The van der Waals surface area contributed by atoms with Crippen molar-refractivity contribution in [3.8, 4) is 5.75 Å². The average Bonchev–Trinajstić information content (AvgIpc) is 2.89. The number of carbonyl (C=O) groups excluding carboxylic acids is 1. The molecular weight excluding hydrogens is 371 g/mol. The first-order valence-corrected chi connectivity index (χ1v) is 9.47. The molecule has 0 aliphatic carbocycles. The SMILES string of the molecule is COc1ccc(Cl)cc1NC(=O)N1CCCCC(c2ccc(Cl)cc2)C1. The van der Waals surface area contributed by atoms with Crippen molar-refractivity contribution >= 4 is 34.9 Å². The summed E-state index contributed by atoms with van der Waals surface area (Å²) in [4.78, 5) is 14.7. The number of halogens is 2. The van der Waals surface area contributed by atoms with Crippen LogP contribution in [-0.2, 0) is 0 Å². The largest absolute Gasteiger partial charge is 0.495 e. The van der Waals surface area contributed by atoms with Crippen LogP contribution in [0.3, 0.4) is 0 Å². The zero-order chi connectivity index (χ0) is 18.5. The molecule has 0 saturated carbocycles.